The van der Waals surface area contributed by atoms with Gasteiger partial charge in [-0.25, -0.2) is 0 Å². The fourth-order valence-corrected chi connectivity index (χ4v) is 2.65. The third-order valence-electron chi connectivity index (χ3n) is 3.67. The summed E-state index contributed by atoms with van der Waals surface area (Å²) in [6.07, 6.45) is 3.66. The lowest BCUT2D eigenvalue weighted by Gasteiger charge is -2.26. The average molecular weight is 256 g/mol. The number of likely N-dealkylation sites (tertiary alicyclic amines) is 1. The second-order valence-corrected chi connectivity index (χ2v) is 5.77. The van der Waals surface area contributed by atoms with Gasteiger partial charge in [-0.3, -0.25) is 4.79 Å². The number of ketones is 1. The number of nitrogens with one attached hydrogen (secondary N) is 1. The van der Waals surface area contributed by atoms with Gasteiger partial charge in [0.25, 0.3) is 0 Å². The average Bonchev–Trinajstić information content (AvgIpc) is 2.74. The largest absolute Gasteiger partial charge is 0.389 e. The molecule has 18 heavy (non-hydrogen) atoms. The zero-order chi connectivity index (χ0) is 13.5. The molecule has 0 amide bonds. The molecule has 1 saturated heterocycles. The maximum atomic E-state index is 11.2. The van der Waals surface area contributed by atoms with Gasteiger partial charge < -0.3 is 15.3 Å². The van der Waals surface area contributed by atoms with Crippen LogP contribution in [0, 0.1) is 5.92 Å². The van der Waals surface area contributed by atoms with Crippen LogP contribution in [0.15, 0.2) is 0 Å². The number of rotatable bonds is 8. The highest BCUT2D eigenvalue weighted by molar-refractivity contribution is 5.84. The molecule has 0 aromatic rings. The molecule has 1 unspecified atom stereocenters. The molecule has 1 aliphatic rings. The number of nitrogens with zero attached hydrogens (tertiary/aromatic N) is 1. The minimum Gasteiger partial charge on any atom is -0.389 e. The van der Waals surface area contributed by atoms with Crippen LogP contribution >= 0.6 is 0 Å². The zero-order valence-electron chi connectivity index (χ0n) is 12.0. The summed E-state index contributed by atoms with van der Waals surface area (Å²) in [4.78, 5) is 13.8. The van der Waals surface area contributed by atoms with Crippen molar-refractivity contribution in [2.24, 2.45) is 5.92 Å². The Kier molecular flexibility index (Phi) is 6.82. The summed E-state index contributed by atoms with van der Waals surface area (Å²) in [5, 5.41) is 12.0. The van der Waals surface area contributed by atoms with Gasteiger partial charge in [0, 0.05) is 12.6 Å². The first-order valence-corrected chi connectivity index (χ1v) is 7.15. The highest BCUT2D eigenvalue weighted by atomic mass is 16.3. The summed E-state index contributed by atoms with van der Waals surface area (Å²) in [5.74, 6) is 0.592. The molecular weight excluding hydrogens is 228 g/mol. The van der Waals surface area contributed by atoms with Gasteiger partial charge in [0.05, 0.1) is 6.04 Å². The van der Waals surface area contributed by atoms with Crippen LogP contribution in [0.2, 0.25) is 0 Å². The van der Waals surface area contributed by atoms with Crippen molar-refractivity contribution in [1.82, 2.24) is 10.2 Å². The molecule has 0 radical (unpaired) electrons. The molecular formula is C14H28N2O2. The van der Waals surface area contributed by atoms with E-state index in [0.29, 0.717) is 12.0 Å². The molecule has 2 atom stereocenters. The molecule has 0 saturated carbocycles. The maximum Gasteiger partial charge on any atom is 0.174 e. The fraction of sp³-hybridized carbons (Fsp3) is 0.929. The Balaban J connectivity index is 2.23. The van der Waals surface area contributed by atoms with E-state index in [-0.39, 0.29) is 18.4 Å². The van der Waals surface area contributed by atoms with Crippen LogP contribution in [-0.2, 0) is 4.79 Å². The summed E-state index contributed by atoms with van der Waals surface area (Å²) < 4.78 is 0. The Hall–Kier alpha value is -0.450. The van der Waals surface area contributed by atoms with Crippen LogP contribution in [0.5, 0.6) is 0 Å². The summed E-state index contributed by atoms with van der Waals surface area (Å²) in [7, 11) is 0. The molecule has 0 aromatic heterocycles. The lowest BCUT2D eigenvalue weighted by Crippen LogP contribution is -2.39. The Morgan fingerprint density at radius 3 is 2.78 bits per heavy atom. The second-order valence-electron chi connectivity index (χ2n) is 5.77. The SMILES string of the molecule is CC(C)CN1CCC[C@H]1CCNC(C)C(=O)CO. The van der Waals surface area contributed by atoms with Gasteiger partial charge in [-0.05, 0) is 45.2 Å². The highest BCUT2D eigenvalue weighted by Crippen LogP contribution is 2.20. The van der Waals surface area contributed by atoms with Crippen molar-refractivity contribution >= 4 is 5.78 Å². The number of hydrogen-bond acceptors (Lipinski definition) is 4. The smallest absolute Gasteiger partial charge is 0.174 e. The molecule has 2 N–H and O–H groups in total. The van der Waals surface area contributed by atoms with E-state index in [0.717, 1.165) is 13.0 Å². The van der Waals surface area contributed by atoms with E-state index < -0.39 is 0 Å². The van der Waals surface area contributed by atoms with Crippen LogP contribution in [0.1, 0.15) is 40.0 Å². The van der Waals surface area contributed by atoms with E-state index in [1.807, 2.05) is 6.92 Å². The molecule has 1 heterocycles. The lowest BCUT2D eigenvalue weighted by atomic mass is 10.1. The normalized spacial score (nSPS) is 22.6. The third kappa shape index (κ3) is 5.04. The van der Waals surface area contributed by atoms with Crippen molar-refractivity contribution in [3.05, 3.63) is 0 Å². The van der Waals surface area contributed by atoms with Crippen molar-refractivity contribution in [2.75, 3.05) is 26.2 Å². The number of hydrogen-bond donors (Lipinski definition) is 2. The van der Waals surface area contributed by atoms with Crippen molar-refractivity contribution in [2.45, 2.75) is 52.1 Å². The second kappa shape index (κ2) is 7.87. The molecule has 0 aliphatic carbocycles. The highest BCUT2D eigenvalue weighted by Gasteiger charge is 2.24. The maximum absolute atomic E-state index is 11.2. The van der Waals surface area contributed by atoms with Gasteiger partial charge in [0.2, 0.25) is 0 Å². The Morgan fingerprint density at radius 1 is 1.44 bits per heavy atom. The molecule has 1 rings (SSSR count). The quantitative estimate of drug-likeness (QED) is 0.681. The topological polar surface area (TPSA) is 52.6 Å². The predicted octanol–water partition coefficient (Wildman–Crippen LogP) is 1.04. The molecule has 4 nitrogen and oxygen atoms in total. The molecule has 106 valence electrons. The number of Topliss-reactive ketones (excluding diaryl/α,β-unsaturated/α-hetero) is 1. The van der Waals surface area contributed by atoms with E-state index in [9.17, 15) is 4.79 Å². The lowest BCUT2D eigenvalue weighted by molar-refractivity contribution is -0.123. The van der Waals surface area contributed by atoms with Gasteiger partial charge in [0.1, 0.15) is 6.61 Å². The molecule has 0 aromatic carbocycles. The summed E-state index contributed by atoms with van der Waals surface area (Å²) in [6, 6.07) is 0.436. The van der Waals surface area contributed by atoms with Crippen molar-refractivity contribution in [3.63, 3.8) is 0 Å². The van der Waals surface area contributed by atoms with E-state index in [1.54, 1.807) is 0 Å². The predicted molar refractivity (Wildman–Crippen MR) is 73.6 cm³/mol. The Labute approximate surface area is 111 Å². The Bertz CT molecular complexity index is 256. The zero-order valence-corrected chi connectivity index (χ0v) is 12.0. The van der Waals surface area contributed by atoms with Gasteiger partial charge in [-0.1, -0.05) is 13.8 Å². The van der Waals surface area contributed by atoms with Gasteiger partial charge in [0.15, 0.2) is 5.78 Å². The van der Waals surface area contributed by atoms with Crippen LogP contribution in [-0.4, -0.2) is 54.1 Å². The first-order valence-electron chi connectivity index (χ1n) is 7.15. The van der Waals surface area contributed by atoms with Gasteiger partial charge >= 0.3 is 0 Å². The number of carbonyl (C=O) groups excluding carboxylic acids is 1. The van der Waals surface area contributed by atoms with Gasteiger partial charge in [-0.15, -0.1) is 0 Å². The van der Waals surface area contributed by atoms with E-state index in [1.165, 1.54) is 25.9 Å². The minimum atomic E-state index is -0.364. The standard InChI is InChI=1S/C14H28N2O2/c1-11(2)9-16-8-4-5-13(16)6-7-15-12(3)14(18)10-17/h11-13,15,17H,4-10H2,1-3H3/t12?,13-/m0/s1. The number of aliphatic hydroxyl groups excluding tert-OH is 1. The van der Waals surface area contributed by atoms with E-state index >= 15 is 0 Å². The van der Waals surface area contributed by atoms with Crippen LogP contribution in [0.3, 0.4) is 0 Å². The minimum absolute atomic E-state index is 0.125. The first kappa shape index (κ1) is 15.6. The number of carbonyl (C=O) groups is 1. The molecule has 1 fully saturated rings. The van der Waals surface area contributed by atoms with Crippen molar-refractivity contribution in [1.29, 1.82) is 0 Å². The first-order chi connectivity index (χ1) is 8.54. The van der Waals surface area contributed by atoms with Crippen LogP contribution in [0.4, 0.5) is 0 Å². The van der Waals surface area contributed by atoms with Crippen LogP contribution < -0.4 is 5.32 Å². The summed E-state index contributed by atoms with van der Waals surface area (Å²) >= 11 is 0. The van der Waals surface area contributed by atoms with E-state index in [4.69, 9.17) is 5.11 Å². The van der Waals surface area contributed by atoms with Crippen LogP contribution in [0.25, 0.3) is 0 Å². The molecule has 1 aliphatic heterocycles. The van der Waals surface area contributed by atoms with E-state index in [2.05, 4.69) is 24.1 Å². The van der Waals surface area contributed by atoms with Crippen molar-refractivity contribution in [3.8, 4) is 0 Å². The number of aliphatic hydroxyl groups is 1. The monoisotopic (exact) mass is 256 g/mol. The molecule has 0 bridgehead atoms. The molecule has 4 heteroatoms. The van der Waals surface area contributed by atoms with Gasteiger partial charge in [-0.2, -0.15) is 0 Å². The third-order valence-corrected chi connectivity index (χ3v) is 3.67. The Morgan fingerprint density at radius 2 is 2.17 bits per heavy atom. The molecule has 0 spiro atoms. The summed E-state index contributed by atoms with van der Waals surface area (Å²) in [6.45, 7) is 9.22. The summed E-state index contributed by atoms with van der Waals surface area (Å²) in [5.41, 5.74) is 0. The fourth-order valence-electron chi connectivity index (χ4n) is 2.65. The van der Waals surface area contributed by atoms with Crippen molar-refractivity contribution < 1.29 is 9.90 Å².